The summed E-state index contributed by atoms with van der Waals surface area (Å²) in [6.07, 6.45) is 1.83. The molecule has 0 spiro atoms. The Labute approximate surface area is 85.6 Å². The van der Waals surface area contributed by atoms with Gasteiger partial charge in [0.15, 0.2) is 0 Å². The molecule has 1 aromatic carbocycles. The molecule has 66 valence electrons. The lowest BCUT2D eigenvalue weighted by Crippen LogP contribution is -2.25. The lowest BCUT2D eigenvalue weighted by atomic mass is 10.1. The molecule has 1 heterocycles. The van der Waals surface area contributed by atoms with Gasteiger partial charge in [-0.25, -0.2) is 0 Å². The molecule has 1 aromatic rings. The van der Waals surface area contributed by atoms with Crippen molar-refractivity contribution in [1.29, 1.82) is 0 Å². The number of hydrogen-bond acceptors (Lipinski definition) is 3. The molecule has 3 heteroatoms. The van der Waals surface area contributed by atoms with Crippen LogP contribution in [0.1, 0.15) is 5.56 Å². The first kappa shape index (κ1) is 8.91. The van der Waals surface area contributed by atoms with Gasteiger partial charge >= 0.3 is 0 Å². The quantitative estimate of drug-likeness (QED) is 0.691. The molecule has 0 atom stereocenters. The summed E-state index contributed by atoms with van der Waals surface area (Å²) in [6, 6.07) is 9.97. The average molecular weight is 208 g/mol. The molecule has 13 heavy (non-hydrogen) atoms. The van der Waals surface area contributed by atoms with Crippen LogP contribution in [0.3, 0.4) is 0 Å². The van der Waals surface area contributed by atoms with Crippen LogP contribution < -0.4 is 0 Å². The number of thioether (sulfide) groups is 2. The van der Waals surface area contributed by atoms with Crippen LogP contribution in [0.15, 0.2) is 43.0 Å². The Bertz CT molecular complexity index is 337. The predicted molar refractivity (Wildman–Crippen MR) is 58.9 cm³/mol. The van der Waals surface area contributed by atoms with Gasteiger partial charge in [-0.05, 0) is 29.1 Å². The molecule has 0 saturated carbocycles. The zero-order valence-electron chi connectivity index (χ0n) is 6.90. The minimum Gasteiger partial charge on any atom is -0.274 e. The highest BCUT2D eigenvalue weighted by atomic mass is 32.3. The fourth-order valence-corrected chi connectivity index (χ4v) is 3.42. The van der Waals surface area contributed by atoms with Gasteiger partial charge in [-0.15, -0.1) is 6.58 Å². The highest BCUT2D eigenvalue weighted by Crippen LogP contribution is 2.60. The van der Waals surface area contributed by atoms with Crippen molar-refractivity contribution < 1.29 is 4.79 Å². The van der Waals surface area contributed by atoms with Crippen LogP contribution in [0.4, 0.5) is 4.79 Å². The molecule has 1 aliphatic rings. The van der Waals surface area contributed by atoms with E-state index >= 15 is 0 Å². The summed E-state index contributed by atoms with van der Waals surface area (Å²) in [5.41, 5.74) is 1.14. The second-order valence-electron chi connectivity index (χ2n) is 2.69. The molecule has 1 saturated heterocycles. The van der Waals surface area contributed by atoms with Crippen LogP contribution in [0.2, 0.25) is 0 Å². The summed E-state index contributed by atoms with van der Waals surface area (Å²) in [5, 5.41) is 0. The Morgan fingerprint density at radius 1 is 1.23 bits per heavy atom. The molecule has 0 unspecified atom stereocenters. The van der Waals surface area contributed by atoms with E-state index in [0.29, 0.717) is 0 Å². The van der Waals surface area contributed by atoms with Crippen LogP contribution in [-0.4, -0.2) is 4.45 Å². The van der Waals surface area contributed by atoms with E-state index < -0.39 is 0 Å². The fourth-order valence-electron chi connectivity index (χ4n) is 1.24. The van der Waals surface area contributed by atoms with Crippen LogP contribution in [0.5, 0.6) is 0 Å². The van der Waals surface area contributed by atoms with E-state index in [0.717, 1.165) is 5.56 Å². The molecule has 0 aromatic heterocycles. The Morgan fingerprint density at radius 3 is 2.31 bits per heavy atom. The Hall–Kier alpha value is -0.670. The van der Waals surface area contributed by atoms with Gasteiger partial charge in [0.2, 0.25) is 4.45 Å². The van der Waals surface area contributed by atoms with Gasteiger partial charge in [-0.2, -0.15) is 0 Å². The van der Waals surface area contributed by atoms with Crippen LogP contribution >= 0.6 is 23.5 Å². The number of carbonyl (C=O) groups is 1. The van der Waals surface area contributed by atoms with E-state index in [9.17, 15) is 4.79 Å². The highest BCUT2D eigenvalue weighted by Gasteiger charge is 2.44. The molecule has 1 aliphatic heterocycles. The zero-order chi connectivity index (χ0) is 9.31. The maximum absolute atomic E-state index is 10.9. The third kappa shape index (κ3) is 1.42. The summed E-state index contributed by atoms with van der Waals surface area (Å²) in [7, 11) is 0. The van der Waals surface area contributed by atoms with E-state index in [1.54, 1.807) is 0 Å². The summed E-state index contributed by atoms with van der Waals surface area (Å²) in [6.45, 7) is 3.77. The molecular formula is C10H8OS2. The largest absolute Gasteiger partial charge is 0.274 e. The first-order valence-corrected chi connectivity index (χ1v) is 5.51. The lowest BCUT2D eigenvalue weighted by Gasteiger charge is -2.35. The van der Waals surface area contributed by atoms with Gasteiger partial charge < -0.3 is 0 Å². The monoisotopic (exact) mass is 208 g/mol. The minimum atomic E-state index is -0.224. The first-order chi connectivity index (χ1) is 6.27. The van der Waals surface area contributed by atoms with E-state index in [4.69, 9.17) is 0 Å². The molecule has 2 rings (SSSR count). The van der Waals surface area contributed by atoms with Gasteiger partial charge in [0.25, 0.3) is 0 Å². The molecule has 0 N–H and O–H groups in total. The summed E-state index contributed by atoms with van der Waals surface area (Å²) in [4.78, 5) is 10.9. The van der Waals surface area contributed by atoms with Crippen molar-refractivity contribution in [3.05, 3.63) is 48.6 Å². The fraction of sp³-hybridized carbons (Fsp3) is 0.100. The standard InChI is InChI=1S/C10H8OS2/c1-2-10(12-9(11)13-10)8-6-4-3-5-7-8/h2-7H,1H2. The van der Waals surface area contributed by atoms with Crippen LogP contribution in [0.25, 0.3) is 0 Å². The topological polar surface area (TPSA) is 17.1 Å². The maximum Gasteiger partial charge on any atom is 0.250 e. The van der Waals surface area contributed by atoms with Crippen molar-refractivity contribution in [3.63, 3.8) is 0 Å². The first-order valence-electron chi connectivity index (χ1n) is 3.88. The highest BCUT2D eigenvalue weighted by molar-refractivity contribution is 8.53. The van der Waals surface area contributed by atoms with Crippen LogP contribution in [-0.2, 0) is 4.08 Å². The molecule has 1 nitrogen and oxygen atoms in total. The van der Waals surface area contributed by atoms with Crippen molar-refractivity contribution in [1.82, 2.24) is 0 Å². The van der Waals surface area contributed by atoms with Crippen molar-refractivity contribution in [2.75, 3.05) is 0 Å². The van der Waals surface area contributed by atoms with E-state index in [1.165, 1.54) is 23.5 Å². The van der Waals surface area contributed by atoms with Crippen molar-refractivity contribution in [2.45, 2.75) is 4.08 Å². The molecule has 1 fully saturated rings. The molecule has 0 amide bonds. The number of rotatable bonds is 2. The average Bonchev–Trinajstić information content (AvgIpc) is 2.14. The maximum atomic E-state index is 10.9. The molecule has 0 aliphatic carbocycles. The molecule has 0 bridgehead atoms. The van der Waals surface area contributed by atoms with Gasteiger partial charge in [0.05, 0.1) is 0 Å². The number of hydrogen-bond donors (Lipinski definition) is 0. The Balaban J connectivity index is 2.34. The summed E-state index contributed by atoms with van der Waals surface area (Å²) in [5.74, 6) is 0. The van der Waals surface area contributed by atoms with E-state index in [-0.39, 0.29) is 8.53 Å². The Kier molecular flexibility index (Phi) is 2.22. The third-order valence-electron chi connectivity index (χ3n) is 1.91. The second-order valence-corrected chi connectivity index (χ2v) is 5.65. The van der Waals surface area contributed by atoms with Gasteiger partial charge in [0.1, 0.15) is 4.08 Å². The summed E-state index contributed by atoms with van der Waals surface area (Å²) >= 11 is 2.67. The van der Waals surface area contributed by atoms with Crippen molar-refractivity contribution >= 4 is 28.0 Å². The second kappa shape index (κ2) is 3.24. The normalized spacial score (nSPS) is 19.2. The summed E-state index contributed by atoms with van der Waals surface area (Å²) < 4.78 is -0.0537. The minimum absolute atomic E-state index is 0.170. The van der Waals surface area contributed by atoms with Crippen molar-refractivity contribution in [3.8, 4) is 0 Å². The molecule has 0 radical (unpaired) electrons. The van der Waals surface area contributed by atoms with Gasteiger partial charge in [-0.3, -0.25) is 4.79 Å². The Morgan fingerprint density at radius 2 is 1.85 bits per heavy atom. The van der Waals surface area contributed by atoms with Crippen LogP contribution in [0, 0.1) is 0 Å². The van der Waals surface area contributed by atoms with Crippen molar-refractivity contribution in [2.24, 2.45) is 0 Å². The zero-order valence-corrected chi connectivity index (χ0v) is 8.53. The molecular weight excluding hydrogens is 200 g/mol. The lowest BCUT2D eigenvalue weighted by molar-refractivity contribution is 0.276. The van der Waals surface area contributed by atoms with Gasteiger partial charge in [-0.1, -0.05) is 36.4 Å². The smallest absolute Gasteiger partial charge is 0.250 e. The predicted octanol–water partition coefficient (Wildman–Crippen LogP) is 3.63. The number of carbonyl (C=O) groups excluding carboxylic acids is 1. The third-order valence-corrected chi connectivity index (χ3v) is 4.66. The van der Waals surface area contributed by atoms with E-state index in [1.807, 2.05) is 36.4 Å². The van der Waals surface area contributed by atoms with E-state index in [2.05, 4.69) is 6.58 Å². The van der Waals surface area contributed by atoms with Gasteiger partial charge in [0, 0.05) is 0 Å². The SMILES string of the molecule is C=CC1(c2ccccc2)SC(=O)S1. The number of benzene rings is 1.